The highest BCUT2D eigenvalue weighted by atomic mass is 15.2. The third-order valence-corrected chi connectivity index (χ3v) is 8.30. The van der Waals surface area contributed by atoms with Gasteiger partial charge in [-0.1, -0.05) is 91.0 Å². The Kier molecular flexibility index (Phi) is 5.13. The molecule has 5 nitrogen and oxygen atoms in total. The fourth-order valence-electron chi connectivity index (χ4n) is 6.56. The number of aromatic nitrogens is 5. The Morgan fingerprint density at radius 3 is 1.74 bits per heavy atom. The largest absolute Gasteiger partial charge is 0.294 e. The molecular formula is C38H25N5. The second-order valence-electron chi connectivity index (χ2n) is 10.7. The van der Waals surface area contributed by atoms with Gasteiger partial charge in [-0.15, -0.1) is 0 Å². The van der Waals surface area contributed by atoms with Gasteiger partial charge in [0.25, 0.3) is 0 Å². The van der Waals surface area contributed by atoms with Crippen molar-refractivity contribution in [1.82, 2.24) is 23.7 Å². The fraction of sp³-hybridized carbons (Fsp3) is 0. The minimum atomic E-state index is 0.897. The number of fused-ring (bicyclic) bond motifs is 7. The average molecular weight is 552 g/mol. The lowest BCUT2D eigenvalue weighted by Crippen LogP contribution is -1.98. The van der Waals surface area contributed by atoms with Crippen LogP contribution in [-0.2, 0) is 0 Å². The van der Waals surface area contributed by atoms with Crippen LogP contribution < -0.4 is 0 Å². The summed E-state index contributed by atoms with van der Waals surface area (Å²) in [7, 11) is 0. The van der Waals surface area contributed by atoms with Gasteiger partial charge in [-0.2, -0.15) is 0 Å². The van der Waals surface area contributed by atoms with E-state index in [0.717, 1.165) is 56.3 Å². The Morgan fingerprint density at radius 2 is 1.05 bits per heavy atom. The summed E-state index contributed by atoms with van der Waals surface area (Å²) in [6.45, 7) is 0. The van der Waals surface area contributed by atoms with Gasteiger partial charge in [0.15, 0.2) is 5.65 Å². The lowest BCUT2D eigenvalue weighted by Gasteiger charge is -2.11. The van der Waals surface area contributed by atoms with Crippen molar-refractivity contribution in [2.24, 2.45) is 0 Å². The summed E-state index contributed by atoms with van der Waals surface area (Å²) in [5.41, 5.74) is 8.57. The molecule has 0 aliphatic rings. The maximum Gasteiger partial charge on any atom is 0.165 e. The van der Waals surface area contributed by atoms with Gasteiger partial charge in [0.2, 0.25) is 0 Å². The van der Waals surface area contributed by atoms with Gasteiger partial charge < -0.3 is 0 Å². The molecule has 4 heterocycles. The molecule has 0 saturated heterocycles. The molecule has 5 heteroatoms. The molecule has 0 radical (unpaired) electrons. The van der Waals surface area contributed by atoms with Crippen LogP contribution >= 0.6 is 0 Å². The van der Waals surface area contributed by atoms with Gasteiger partial charge in [-0.3, -0.25) is 13.7 Å². The number of benzene rings is 5. The van der Waals surface area contributed by atoms with Crippen molar-refractivity contribution in [3.63, 3.8) is 0 Å². The molecule has 9 aromatic rings. The molecule has 0 aliphatic carbocycles. The summed E-state index contributed by atoms with van der Waals surface area (Å²) in [6.07, 6.45) is 1.86. The highest BCUT2D eigenvalue weighted by Crippen LogP contribution is 2.44. The summed E-state index contributed by atoms with van der Waals surface area (Å²) in [6, 6.07) is 50.8. The maximum atomic E-state index is 5.43. The topological polar surface area (TPSA) is 40.6 Å². The third kappa shape index (κ3) is 3.45. The number of imidazole rings is 1. The number of hydrogen-bond acceptors (Lipinski definition) is 2. The molecule has 202 valence electrons. The van der Waals surface area contributed by atoms with E-state index in [4.69, 9.17) is 9.97 Å². The van der Waals surface area contributed by atoms with Crippen molar-refractivity contribution >= 4 is 43.9 Å². The molecule has 0 saturated carbocycles. The second-order valence-corrected chi connectivity index (χ2v) is 10.7. The highest BCUT2D eigenvalue weighted by Gasteiger charge is 2.26. The summed E-state index contributed by atoms with van der Waals surface area (Å²) >= 11 is 0. The molecular weight excluding hydrogens is 526 g/mol. The first-order chi connectivity index (χ1) is 21.4. The summed E-state index contributed by atoms with van der Waals surface area (Å²) in [5, 5.41) is 3.54. The number of para-hydroxylation sites is 3. The van der Waals surface area contributed by atoms with Crippen molar-refractivity contribution < 1.29 is 0 Å². The SMILES string of the molecule is c1ccc(-c2nc3c(c4c5c6ccccc6n(-c6ccccn6)c5ccc4n3-c3ccccc3)n2-c2ccccc2)cc1. The lowest BCUT2D eigenvalue weighted by molar-refractivity contribution is 1.08. The summed E-state index contributed by atoms with van der Waals surface area (Å²) in [5.74, 6) is 1.81. The first-order valence-corrected chi connectivity index (χ1v) is 14.5. The van der Waals surface area contributed by atoms with E-state index in [1.165, 1.54) is 16.2 Å². The molecule has 4 aromatic heterocycles. The van der Waals surface area contributed by atoms with Crippen molar-refractivity contribution in [1.29, 1.82) is 0 Å². The van der Waals surface area contributed by atoms with Crippen LogP contribution in [0.1, 0.15) is 0 Å². The first kappa shape index (κ1) is 23.7. The van der Waals surface area contributed by atoms with Crippen LogP contribution in [0, 0.1) is 0 Å². The Labute approximate surface area is 247 Å². The van der Waals surface area contributed by atoms with Crippen molar-refractivity contribution in [3.05, 3.63) is 152 Å². The molecule has 0 unspecified atom stereocenters. The van der Waals surface area contributed by atoms with E-state index < -0.39 is 0 Å². The second kappa shape index (κ2) is 9.29. The monoisotopic (exact) mass is 551 g/mol. The Morgan fingerprint density at radius 1 is 0.442 bits per heavy atom. The predicted octanol–water partition coefficient (Wildman–Crippen LogP) is 9.13. The molecule has 9 rings (SSSR count). The number of nitrogens with zero attached hydrogens (tertiary/aromatic N) is 5. The van der Waals surface area contributed by atoms with Crippen LogP contribution in [0.15, 0.2) is 152 Å². The van der Waals surface area contributed by atoms with E-state index >= 15 is 0 Å². The average Bonchev–Trinajstić information content (AvgIpc) is 3.73. The van der Waals surface area contributed by atoms with Crippen LogP contribution in [0.4, 0.5) is 0 Å². The minimum absolute atomic E-state index is 0.897. The number of pyridine rings is 1. The third-order valence-electron chi connectivity index (χ3n) is 8.30. The van der Waals surface area contributed by atoms with Crippen LogP contribution in [0.5, 0.6) is 0 Å². The fourth-order valence-corrected chi connectivity index (χ4v) is 6.56. The lowest BCUT2D eigenvalue weighted by atomic mass is 10.1. The van der Waals surface area contributed by atoms with Gasteiger partial charge in [0.05, 0.1) is 16.6 Å². The van der Waals surface area contributed by atoms with Gasteiger partial charge in [-0.25, -0.2) is 9.97 Å². The van der Waals surface area contributed by atoms with E-state index in [-0.39, 0.29) is 0 Å². The number of rotatable bonds is 4. The molecule has 0 spiro atoms. The normalized spacial score (nSPS) is 11.7. The van der Waals surface area contributed by atoms with Crippen molar-refractivity contribution in [2.45, 2.75) is 0 Å². The standard InChI is InChI=1S/C38H25N5/c1-4-14-26(15-5-1)37-40-38-36(42(37)28-18-8-3-9-19-28)35-32(41(38)27-16-6-2-7-17-27)24-23-31-34(35)29-20-10-11-21-30(29)43(31)33-22-12-13-25-39-33/h1-25H. The maximum absolute atomic E-state index is 5.43. The van der Waals surface area contributed by atoms with Crippen molar-refractivity contribution in [2.75, 3.05) is 0 Å². The quantitative estimate of drug-likeness (QED) is 0.219. The van der Waals surface area contributed by atoms with E-state index in [9.17, 15) is 0 Å². The zero-order valence-electron chi connectivity index (χ0n) is 23.2. The van der Waals surface area contributed by atoms with Gasteiger partial charge in [0.1, 0.15) is 17.2 Å². The van der Waals surface area contributed by atoms with E-state index in [0.29, 0.717) is 0 Å². The number of hydrogen-bond donors (Lipinski definition) is 0. The molecule has 5 aromatic carbocycles. The molecule has 43 heavy (non-hydrogen) atoms. The molecule has 0 N–H and O–H groups in total. The highest BCUT2D eigenvalue weighted by molar-refractivity contribution is 6.28. The predicted molar refractivity (Wildman–Crippen MR) is 175 cm³/mol. The van der Waals surface area contributed by atoms with Crippen LogP contribution in [-0.4, -0.2) is 23.7 Å². The molecule has 0 amide bonds. The summed E-state index contributed by atoms with van der Waals surface area (Å²) < 4.78 is 6.92. The molecule has 0 fully saturated rings. The zero-order chi connectivity index (χ0) is 28.3. The Balaban J connectivity index is 1.55. The smallest absolute Gasteiger partial charge is 0.165 e. The van der Waals surface area contributed by atoms with E-state index in [1.54, 1.807) is 0 Å². The zero-order valence-corrected chi connectivity index (χ0v) is 23.2. The molecule has 0 bridgehead atoms. The van der Waals surface area contributed by atoms with Crippen LogP contribution in [0.2, 0.25) is 0 Å². The van der Waals surface area contributed by atoms with Crippen molar-refractivity contribution in [3.8, 4) is 28.6 Å². The Hall–Kier alpha value is -5.94. The molecule has 0 atom stereocenters. The van der Waals surface area contributed by atoms with E-state index in [2.05, 4.69) is 147 Å². The summed E-state index contributed by atoms with van der Waals surface area (Å²) in [4.78, 5) is 10.2. The molecule has 0 aliphatic heterocycles. The van der Waals surface area contributed by atoms with Gasteiger partial charge >= 0.3 is 0 Å². The first-order valence-electron chi connectivity index (χ1n) is 14.5. The van der Waals surface area contributed by atoms with Crippen LogP contribution in [0.3, 0.4) is 0 Å². The van der Waals surface area contributed by atoms with E-state index in [1.807, 2.05) is 18.3 Å². The minimum Gasteiger partial charge on any atom is -0.294 e. The Bertz CT molecular complexity index is 2420. The van der Waals surface area contributed by atoms with Gasteiger partial charge in [-0.05, 0) is 54.6 Å². The van der Waals surface area contributed by atoms with Crippen LogP contribution in [0.25, 0.3) is 72.5 Å². The van der Waals surface area contributed by atoms with Gasteiger partial charge in [0, 0.05) is 39.3 Å².